The molecule has 1 aromatic heterocycles. The summed E-state index contributed by atoms with van der Waals surface area (Å²) >= 11 is 3.46. The van der Waals surface area contributed by atoms with E-state index in [2.05, 4.69) is 43.6 Å². The summed E-state index contributed by atoms with van der Waals surface area (Å²) in [6.45, 7) is 2.33. The van der Waals surface area contributed by atoms with Crippen LogP contribution in [0, 0.1) is 5.92 Å². The summed E-state index contributed by atoms with van der Waals surface area (Å²) in [6.07, 6.45) is 8.00. The molecule has 4 N–H and O–H groups in total. The number of anilines is 2. The van der Waals surface area contributed by atoms with Crippen LogP contribution in [0.1, 0.15) is 39.0 Å². The highest BCUT2D eigenvalue weighted by Crippen LogP contribution is 2.27. The number of hydrazine groups is 1. The molecule has 1 heterocycles. The normalized spacial score (nSPS) is 24.4. The average molecular weight is 314 g/mol. The minimum Gasteiger partial charge on any atom is -0.366 e. The first-order valence-corrected chi connectivity index (χ1v) is 7.24. The van der Waals surface area contributed by atoms with Crippen molar-refractivity contribution in [2.24, 2.45) is 11.8 Å². The maximum Gasteiger partial charge on any atom is 0.239 e. The molecule has 1 aliphatic rings. The van der Waals surface area contributed by atoms with Gasteiger partial charge in [-0.2, -0.15) is 4.98 Å². The van der Waals surface area contributed by atoms with Gasteiger partial charge in [0, 0.05) is 12.2 Å². The summed E-state index contributed by atoms with van der Waals surface area (Å²) < 4.78 is 0.874. The third-order valence-electron chi connectivity index (χ3n) is 3.47. The van der Waals surface area contributed by atoms with Crippen LogP contribution in [0.3, 0.4) is 0 Å². The average Bonchev–Trinajstić information content (AvgIpc) is 2.57. The largest absolute Gasteiger partial charge is 0.366 e. The molecule has 0 radical (unpaired) electrons. The number of nitrogens with one attached hydrogen (secondary N) is 2. The summed E-state index contributed by atoms with van der Waals surface area (Å²) in [5.74, 6) is 7.42. The van der Waals surface area contributed by atoms with Gasteiger partial charge in [-0.3, -0.25) is 5.43 Å². The molecule has 6 heteroatoms. The number of halogens is 1. The zero-order chi connectivity index (χ0) is 13.0. The quantitative estimate of drug-likeness (QED) is 0.454. The second-order valence-corrected chi connectivity index (χ2v) is 5.84. The molecule has 1 saturated carbocycles. The highest BCUT2D eigenvalue weighted by atomic mass is 79.9. The molecule has 0 bridgehead atoms. The van der Waals surface area contributed by atoms with Crippen molar-refractivity contribution in [2.75, 3.05) is 10.7 Å². The van der Waals surface area contributed by atoms with E-state index in [1.807, 2.05) is 0 Å². The summed E-state index contributed by atoms with van der Waals surface area (Å²) in [5, 5.41) is 3.49. The van der Waals surface area contributed by atoms with Crippen LogP contribution < -0.4 is 16.6 Å². The molecule has 2 atom stereocenters. The van der Waals surface area contributed by atoms with Crippen LogP contribution in [0.2, 0.25) is 0 Å². The lowest BCUT2D eigenvalue weighted by Crippen LogP contribution is -2.20. The van der Waals surface area contributed by atoms with E-state index in [0.29, 0.717) is 12.0 Å². The molecule has 0 aliphatic heterocycles. The Morgan fingerprint density at radius 1 is 1.33 bits per heavy atom. The molecule has 0 spiro atoms. The first-order chi connectivity index (χ1) is 8.69. The SMILES string of the molecule is CC1CCCC(Nc2nc(NN)ncc2Br)CC1. The molecule has 1 fully saturated rings. The van der Waals surface area contributed by atoms with E-state index in [1.165, 1.54) is 32.1 Å². The topological polar surface area (TPSA) is 75.9 Å². The standard InChI is InChI=1S/C12H20BrN5/c1-8-3-2-4-9(6-5-8)16-11-10(13)7-15-12(17-11)18-14/h7-9H,2-6,14H2,1H3,(H2,15,16,17,18). The summed E-state index contributed by atoms with van der Waals surface area (Å²) in [7, 11) is 0. The molecule has 18 heavy (non-hydrogen) atoms. The molecule has 5 nitrogen and oxygen atoms in total. The smallest absolute Gasteiger partial charge is 0.239 e. The first kappa shape index (κ1) is 13.5. The van der Waals surface area contributed by atoms with Crippen molar-refractivity contribution in [1.29, 1.82) is 0 Å². The zero-order valence-electron chi connectivity index (χ0n) is 10.6. The Balaban J connectivity index is 2.03. The van der Waals surface area contributed by atoms with E-state index in [-0.39, 0.29) is 0 Å². The van der Waals surface area contributed by atoms with Crippen LogP contribution >= 0.6 is 15.9 Å². The number of rotatable bonds is 3. The molecule has 100 valence electrons. The number of hydrogen-bond acceptors (Lipinski definition) is 5. The van der Waals surface area contributed by atoms with Crippen molar-refractivity contribution < 1.29 is 0 Å². The third kappa shape index (κ3) is 3.55. The monoisotopic (exact) mass is 313 g/mol. The maximum atomic E-state index is 5.33. The van der Waals surface area contributed by atoms with Crippen molar-refractivity contribution >= 4 is 27.7 Å². The molecule has 2 rings (SSSR count). The van der Waals surface area contributed by atoms with Gasteiger partial charge in [0.15, 0.2) is 0 Å². The Bertz CT molecular complexity index is 398. The second kappa shape index (κ2) is 6.33. The van der Waals surface area contributed by atoms with E-state index in [1.54, 1.807) is 6.20 Å². The van der Waals surface area contributed by atoms with Crippen LogP contribution in [0.25, 0.3) is 0 Å². The lowest BCUT2D eigenvalue weighted by molar-refractivity contribution is 0.502. The van der Waals surface area contributed by atoms with Crippen LogP contribution in [-0.2, 0) is 0 Å². The van der Waals surface area contributed by atoms with Crippen molar-refractivity contribution in [3.63, 3.8) is 0 Å². The molecule has 2 unspecified atom stereocenters. The van der Waals surface area contributed by atoms with Crippen molar-refractivity contribution in [1.82, 2.24) is 9.97 Å². The van der Waals surface area contributed by atoms with Crippen LogP contribution in [0.5, 0.6) is 0 Å². The Morgan fingerprint density at radius 2 is 2.17 bits per heavy atom. The highest BCUT2D eigenvalue weighted by Gasteiger charge is 2.17. The minimum absolute atomic E-state index is 0.433. The fourth-order valence-electron chi connectivity index (χ4n) is 2.36. The minimum atomic E-state index is 0.433. The van der Waals surface area contributed by atoms with Gasteiger partial charge in [-0.1, -0.05) is 19.8 Å². The second-order valence-electron chi connectivity index (χ2n) is 4.99. The number of nitrogen functional groups attached to an aromatic ring is 1. The van der Waals surface area contributed by atoms with E-state index in [4.69, 9.17) is 5.84 Å². The zero-order valence-corrected chi connectivity index (χ0v) is 12.2. The van der Waals surface area contributed by atoms with Gasteiger partial charge in [0.05, 0.1) is 4.47 Å². The maximum absolute atomic E-state index is 5.33. The fourth-order valence-corrected chi connectivity index (χ4v) is 2.67. The fraction of sp³-hybridized carbons (Fsp3) is 0.667. The predicted molar refractivity (Wildman–Crippen MR) is 77.2 cm³/mol. The van der Waals surface area contributed by atoms with Crippen molar-refractivity contribution in [3.8, 4) is 0 Å². The molecule has 0 amide bonds. The van der Waals surface area contributed by atoms with Gasteiger partial charge in [-0.15, -0.1) is 0 Å². The van der Waals surface area contributed by atoms with E-state index >= 15 is 0 Å². The van der Waals surface area contributed by atoms with Crippen LogP contribution in [0.15, 0.2) is 10.7 Å². The Kier molecular flexibility index (Phi) is 4.77. The Labute approximate surface area is 116 Å². The lowest BCUT2D eigenvalue weighted by Gasteiger charge is -2.18. The molecule has 1 aromatic rings. The lowest BCUT2D eigenvalue weighted by atomic mass is 10.0. The van der Waals surface area contributed by atoms with Gasteiger partial charge in [-0.25, -0.2) is 10.8 Å². The Hall–Kier alpha value is -0.880. The molecule has 1 aliphatic carbocycles. The Morgan fingerprint density at radius 3 is 2.94 bits per heavy atom. The van der Waals surface area contributed by atoms with Gasteiger partial charge in [0.1, 0.15) is 5.82 Å². The first-order valence-electron chi connectivity index (χ1n) is 6.44. The summed E-state index contributed by atoms with van der Waals surface area (Å²) in [4.78, 5) is 8.38. The molecule has 0 saturated heterocycles. The molecular weight excluding hydrogens is 294 g/mol. The molecular formula is C12H20BrN5. The van der Waals surface area contributed by atoms with Gasteiger partial charge in [-0.05, 0) is 41.1 Å². The van der Waals surface area contributed by atoms with Gasteiger partial charge >= 0.3 is 0 Å². The van der Waals surface area contributed by atoms with Gasteiger partial charge in [0.2, 0.25) is 5.95 Å². The number of nitrogens with zero attached hydrogens (tertiary/aromatic N) is 2. The van der Waals surface area contributed by atoms with Crippen LogP contribution in [0.4, 0.5) is 11.8 Å². The van der Waals surface area contributed by atoms with E-state index in [9.17, 15) is 0 Å². The van der Waals surface area contributed by atoms with Gasteiger partial charge < -0.3 is 5.32 Å². The molecule has 0 aromatic carbocycles. The van der Waals surface area contributed by atoms with Crippen molar-refractivity contribution in [2.45, 2.75) is 45.1 Å². The number of aromatic nitrogens is 2. The van der Waals surface area contributed by atoms with Crippen molar-refractivity contribution in [3.05, 3.63) is 10.7 Å². The summed E-state index contributed by atoms with van der Waals surface area (Å²) in [5.41, 5.74) is 2.47. The highest BCUT2D eigenvalue weighted by molar-refractivity contribution is 9.10. The van der Waals surface area contributed by atoms with Crippen LogP contribution in [-0.4, -0.2) is 16.0 Å². The summed E-state index contributed by atoms with van der Waals surface area (Å²) in [6, 6.07) is 0.492. The van der Waals surface area contributed by atoms with E-state index < -0.39 is 0 Å². The third-order valence-corrected chi connectivity index (χ3v) is 4.05. The predicted octanol–water partition coefficient (Wildman–Crippen LogP) is 2.91. The number of nitrogens with two attached hydrogens (primary N) is 1. The van der Waals surface area contributed by atoms with Gasteiger partial charge in [0.25, 0.3) is 0 Å². The van der Waals surface area contributed by atoms with E-state index in [0.717, 1.165) is 16.2 Å². The number of hydrogen-bond donors (Lipinski definition) is 3.